The Bertz CT molecular complexity index is 5320. The summed E-state index contributed by atoms with van der Waals surface area (Å²) >= 11 is 0. The molecule has 0 saturated heterocycles. The van der Waals surface area contributed by atoms with Gasteiger partial charge in [-0.05, 0) is 153 Å². The Morgan fingerprint density at radius 2 is 0.430 bits per heavy atom. The molecule has 0 aliphatic carbocycles. The molecular formula is C87H60F24O3. The van der Waals surface area contributed by atoms with E-state index in [1.54, 1.807) is 0 Å². The molecule has 0 atom stereocenters. The highest BCUT2D eigenvalue weighted by Gasteiger charge is 2.45. The first-order chi connectivity index (χ1) is 54.0. The van der Waals surface area contributed by atoms with Gasteiger partial charge < -0.3 is 14.2 Å². The number of rotatable bonds is 24. The zero-order valence-corrected chi connectivity index (χ0v) is 59.7. The van der Waals surface area contributed by atoms with Crippen molar-refractivity contribution >= 4 is 0 Å². The molecule has 0 bridgehead atoms. The second kappa shape index (κ2) is 36.0. The molecule has 0 aliphatic rings. The third-order valence-electron chi connectivity index (χ3n) is 17.7. The van der Waals surface area contributed by atoms with Crippen LogP contribution in [0.3, 0.4) is 0 Å². The summed E-state index contributed by atoms with van der Waals surface area (Å²) in [6.07, 6.45) is -5.14. The van der Waals surface area contributed by atoms with Crippen LogP contribution in [0.4, 0.5) is 105 Å². The van der Waals surface area contributed by atoms with Gasteiger partial charge in [-0.1, -0.05) is 156 Å². The van der Waals surface area contributed by atoms with E-state index in [0.29, 0.717) is 64.2 Å². The molecule has 0 fully saturated rings. The van der Waals surface area contributed by atoms with Crippen LogP contribution in [0.15, 0.2) is 200 Å². The van der Waals surface area contributed by atoms with Crippen molar-refractivity contribution in [2.24, 2.45) is 0 Å². The van der Waals surface area contributed by atoms with Crippen LogP contribution < -0.4 is 14.2 Å². The number of aryl methyl sites for hydroxylation is 3. The van der Waals surface area contributed by atoms with Gasteiger partial charge in [0.1, 0.15) is 86.3 Å². The van der Waals surface area contributed by atoms with Gasteiger partial charge in [0.2, 0.25) is 0 Å². The van der Waals surface area contributed by atoms with Crippen molar-refractivity contribution in [3.8, 4) is 84.0 Å². The molecule has 0 heterocycles. The van der Waals surface area contributed by atoms with Crippen LogP contribution in [0.2, 0.25) is 0 Å². The first-order valence-electron chi connectivity index (χ1n) is 34.8. The molecule has 0 saturated carbocycles. The predicted molar refractivity (Wildman–Crippen MR) is 380 cm³/mol. The minimum atomic E-state index is -4.74. The lowest BCUT2D eigenvalue weighted by Gasteiger charge is -2.20. The van der Waals surface area contributed by atoms with Gasteiger partial charge in [-0.3, -0.25) is 0 Å². The number of ether oxygens (including phenoxy) is 3. The van der Waals surface area contributed by atoms with Crippen LogP contribution >= 0.6 is 0 Å². The van der Waals surface area contributed by atoms with Crippen molar-refractivity contribution in [3.63, 3.8) is 0 Å². The standard InChI is InChI=1S/C30H22F8O.C29H20F8O.C28H18F8O/c1-2-3-4-5-17-6-8-18(9-7-17)19-10-11-22(23(31)12-19)20-13-24(32)28(25(33)14-20)30(37,38)39-21-15-26(34)29(36)27(35)16-21;1-2-3-4-16-5-7-17(8-6-16)18-9-10-21(22(30)11-18)19-12-23(31)27(24(32)13-19)29(36,37)38-20-14-25(33)28(35)26(34)15-20;1-2-3-15-4-6-16(7-5-15)17-8-9-20(21(29)10-17)18-11-22(30)26(23(31)12-18)28(35,36)37-19-13-24(32)27(34)25(33)14-19/h6-16H,2-5H2,1H3;5-15H,2-4H2,1H3;4-14H,2-3H2,1H3. The van der Waals surface area contributed by atoms with Crippen LogP contribution in [0.1, 0.15) is 92.7 Å². The van der Waals surface area contributed by atoms with E-state index in [0.717, 1.165) is 92.2 Å². The Morgan fingerprint density at radius 1 is 0.211 bits per heavy atom. The quantitative estimate of drug-likeness (QED) is 0.0343. The summed E-state index contributed by atoms with van der Waals surface area (Å²) in [7, 11) is 0. The minimum Gasteiger partial charge on any atom is -0.429 e. The fourth-order valence-electron chi connectivity index (χ4n) is 12.0. The van der Waals surface area contributed by atoms with Crippen LogP contribution in [0.25, 0.3) is 66.8 Å². The van der Waals surface area contributed by atoms with Crippen molar-refractivity contribution in [1.29, 1.82) is 0 Å². The van der Waals surface area contributed by atoms with E-state index in [2.05, 4.69) is 28.1 Å². The molecule has 0 radical (unpaired) electrons. The number of hydrogen-bond donors (Lipinski definition) is 0. The topological polar surface area (TPSA) is 27.7 Å². The number of benzene rings is 12. The van der Waals surface area contributed by atoms with Gasteiger partial charge >= 0.3 is 18.3 Å². The fourth-order valence-corrected chi connectivity index (χ4v) is 12.0. The van der Waals surface area contributed by atoms with Gasteiger partial charge in [-0.15, -0.1) is 0 Å². The normalized spacial score (nSPS) is 11.6. The van der Waals surface area contributed by atoms with Crippen LogP contribution in [0, 0.1) is 105 Å². The summed E-state index contributed by atoms with van der Waals surface area (Å²) in [5, 5.41) is 0. The van der Waals surface area contributed by atoms with Gasteiger partial charge in [0.05, 0.1) is 0 Å². The Kier molecular flexibility index (Phi) is 26.8. The molecule has 114 heavy (non-hydrogen) atoms. The molecule has 12 aromatic rings. The van der Waals surface area contributed by atoms with Gasteiger partial charge in [0.25, 0.3) is 0 Å². The molecule has 12 rings (SSSR count). The first-order valence-corrected chi connectivity index (χ1v) is 34.8. The molecule has 0 unspecified atom stereocenters. The smallest absolute Gasteiger partial charge is 0.429 e. The van der Waals surface area contributed by atoms with Crippen molar-refractivity contribution in [3.05, 3.63) is 338 Å². The average molecular weight is 1610 g/mol. The van der Waals surface area contributed by atoms with Gasteiger partial charge in [-0.2, -0.15) is 26.3 Å². The van der Waals surface area contributed by atoms with E-state index in [9.17, 15) is 105 Å². The third-order valence-corrected chi connectivity index (χ3v) is 17.7. The Balaban J connectivity index is 0.000000181. The lowest BCUT2D eigenvalue weighted by molar-refractivity contribution is -0.190. The molecule has 0 aliphatic heterocycles. The highest BCUT2D eigenvalue weighted by atomic mass is 19.3. The number of alkyl halides is 6. The first kappa shape index (κ1) is 84.8. The van der Waals surface area contributed by atoms with Gasteiger partial charge in [0.15, 0.2) is 52.4 Å². The summed E-state index contributed by atoms with van der Waals surface area (Å²) < 4.78 is 352. The highest BCUT2D eigenvalue weighted by molar-refractivity contribution is 5.75. The molecule has 0 spiro atoms. The lowest BCUT2D eigenvalue weighted by atomic mass is 9.97. The van der Waals surface area contributed by atoms with E-state index in [-0.39, 0.29) is 69.8 Å². The summed E-state index contributed by atoms with van der Waals surface area (Å²) in [6, 6.07) is 37.9. The maximum absolute atomic E-state index is 15.0. The van der Waals surface area contributed by atoms with E-state index in [4.69, 9.17) is 0 Å². The lowest BCUT2D eigenvalue weighted by Crippen LogP contribution is -2.25. The average Bonchev–Trinajstić information content (AvgIpc) is 0.782. The van der Waals surface area contributed by atoms with Gasteiger partial charge in [0, 0.05) is 53.1 Å². The molecule has 0 amide bonds. The SMILES string of the molecule is CCCCCc1ccc(-c2ccc(-c3cc(F)c(C(F)(F)Oc4cc(F)c(F)c(F)c4)c(F)c3)c(F)c2)cc1.CCCCc1ccc(-c2ccc(-c3cc(F)c(C(F)(F)Oc4cc(F)c(F)c(F)c4)c(F)c3)c(F)c2)cc1.CCCc1ccc(-c2ccc(-c3cc(F)c(C(F)(F)Oc4cc(F)c(F)c(F)c4)c(F)c3)c(F)c2)cc1. The molecule has 0 N–H and O–H groups in total. The second-order valence-electron chi connectivity index (χ2n) is 25.9. The van der Waals surface area contributed by atoms with E-state index in [1.165, 1.54) is 42.5 Å². The highest BCUT2D eigenvalue weighted by Crippen LogP contribution is 2.44. The summed E-state index contributed by atoms with van der Waals surface area (Å²) in [6.45, 7) is 6.24. The maximum Gasteiger partial charge on any atom is 0.432 e. The van der Waals surface area contributed by atoms with Crippen LogP contribution in [-0.2, 0) is 37.6 Å². The number of unbranched alkanes of at least 4 members (excludes halogenated alkanes) is 3. The predicted octanol–water partition coefficient (Wildman–Crippen LogP) is 28.0. The Morgan fingerprint density at radius 3 is 0.658 bits per heavy atom. The molecule has 12 aromatic carbocycles. The zero-order valence-electron chi connectivity index (χ0n) is 59.7. The van der Waals surface area contributed by atoms with Crippen molar-refractivity contribution in [1.82, 2.24) is 0 Å². The minimum absolute atomic E-state index is 0.102. The number of hydrogen-bond acceptors (Lipinski definition) is 3. The van der Waals surface area contributed by atoms with E-state index in [1.807, 2.05) is 79.7 Å². The monoisotopic (exact) mass is 1610 g/mol. The van der Waals surface area contributed by atoms with E-state index < -0.39 is 157 Å². The molecular weight excluding hydrogens is 1550 g/mol. The summed E-state index contributed by atoms with van der Waals surface area (Å²) in [4.78, 5) is 0. The Labute approximate surface area is 636 Å². The molecule has 27 heteroatoms. The van der Waals surface area contributed by atoms with Crippen LogP contribution in [0.5, 0.6) is 17.2 Å². The van der Waals surface area contributed by atoms with E-state index >= 15 is 0 Å². The summed E-state index contributed by atoms with van der Waals surface area (Å²) in [5.74, 6) is -33.7. The van der Waals surface area contributed by atoms with Crippen molar-refractivity contribution in [2.45, 2.75) is 96.9 Å². The Hall–Kier alpha value is -11.6. The molecule has 594 valence electrons. The third kappa shape index (κ3) is 20.0. The number of halogens is 24. The van der Waals surface area contributed by atoms with Crippen molar-refractivity contribution < 1.29 is 120 Å². The zero-order chi connectivity index (χ0) is 82.8. The maximum atomic E-state index is 15.0. The van der Waals surface area contributed by atoms with Crippen LogP contribution in [-0.4, -0.2) is 0 Å². The van der Waals surface area contributed by atoms with Gasteiger partial charge in [-0.25, -0.2) is 79.0 Å². The second-order valence-corrected chi connectivity index (χ2v) is 25.9. The largest absolute Gasteiger partial charge is 0.432 e. The van der Waals surface area contributed by atoms with Crippen molar-refractivity contribution in [2.75, 3.05) is 0 Å². The summed E-state index contributed by atoms with van der Waals surface area (Å²) in [5.41, 5.74) is -0.382. The molecule has 3 nitrogen and oxygen atoms in total. The fraction of sp³-hybridized carbons (Fsp3) is 0.172. The molecule has 0 aromatic heterocycles.